The zero-order chi connectivity index (χ0) is 14.6. The molecule has 2 rings (SSSR count). The molecule has 0 aliphatic carbocycles. The molecule has 6 heteroatoms. The first-order valence-electron chi connectivity index (χ1n) is 7.16. The number of ether oxygens (including phenoxy) is 1. The summed E-state index contributed by atoms with van der Waals surface area (Å²) >= 11 is 1.72. The Bertz CT molecular complexity index is 431. The zero-order valence-corrected chi connectivity index (χ0v) is 14.3. The van der Waals surface area contributed by atoms with Crippen molar-refractivity contribution in [3.8, 4) is 0 Å². The minimum Gasteiger partial charge on any atom is -0.381 e. The fourth-order valence-corrected chi connectivity index (χ4v) is 3.32. The molecule has 1 saturated heterocycles. The highest BCUT2D eigenvalue weighted by Crippen LogP contribution is 2.26. The molecule has 1 aliphatic heterocycles. The van der Waals surface area contributed by atoms with Crippen LogP contribution in [0.25, 0.3) is 0 Å². The van der Waals surface area contributed by atoms with Crippen LogP contribution in [0.4, 0.5) is 0 Å². The Balaban J connectivity index is 0.00000220. The Labute approximate surface area is 136 Å². The highest BCUT2D eigenvalue weighted by molar-refractivity contribution is 7.10. The lowest BCUT2D eigenvalue weighted by molar-refractivity contribution is -0.124. The van der Waals surface area contributed by atoms with Crippen molar-refractivity contribution in [2.24, 2.45) is 11.7 Å². The maximum atomic E-state index is 12.2. The van der Waals surface area contributed by atoms with Crippen LogP contribution in [0, 0.1) is 5.92 Å². The summed E-state index contributed by atoms with van der Waals surface area (Å²) in [6.07, 6.45) is 1.76. The molecule has 21 heavy (non-hydrogen) atoms. The molecule has 120 valence electrons. The molecule has 4 nitrogen and oxygen atoms in total. The average Bonchev–Trinajstić information content (AvgIpc) is 3.00. The van der Waals surface area contributed by atoms with Gasteiger partial charge in [-0.05, 0) is 30.2 Å². The molecule has 0 bridgehead atoms. The molecule has 0 spiro atoms. The van der Waals surface area contributed by atoms with E-state index in [9.17, 15) is 4.79 Å². The molecule has 1 amide bonds. The van der Waals surface area contributed by atoms with Gasteiger partial charge in [-0.3, -0.25) is 4.79 Å². The van der Waals surface area contributed by atoms with Gasteiger partial charge in [-0.2, -0.15) is 0 Å². The van der Waals surface area contributed by atoms with E-state index in [1.54, 1.807) is 11.3 Å². The minimum absolute atomic E-state index is 0. The number of hydrogen-bond donors (Lipinski definition) is 2. The Morgan fingerprint density at radius 3 is 2.76 bits per heavy atom. The minimum atomic E-state index is -0.418. The summed E-state index contributed by atoms with van der Waals surface area (Å²) in [7, 11) is 0. The standard InChI is InChI=1S/C15H24N2O2S.ClH/c1-15(2,12-4-3-9-20-12)10-17-14(18)13(16)11-5-7-19-8-6-11;/h3-4,9,11,13H,5-8,10,16H2,1-2H3,(H,17,18);1H. The van der Waals surface area contributed by atoms with Crippen LogP contribution >= 0.6 is 23.7 Å². The summed E-state index contributed by atoms with van der Waals surface area (Å²) in [6.45, 7) is 6.32. The Kier molecular flexibility index (Phi) is 7.13. The average molecular weight is 333 g/mol. The second kappa shape index (κ2) is 8.13. The topological polar surface area (TPSA) is 64.4 Å². The van der Waals surface area contributed by atoms with Crippen LogP contribution in [0.1, 0.15) is 31.6 Å². The normalized spacial score (nSPS) is 17.9. The highest BCUT2D eigenvalue weighted by atomic mass is 35.5. The number of hydrogen-bond acceptors (Lipinski definition) is 4. The molecule has 3 N–H and O–H groups in total. The van der Waals surface area contributed by atoms with Gasteiger partial charge in [-0.25, -0.2) is 0 Å². The van der Waals surface area contributed by atoms with E-state index >= 15 is 0 Å². The third-order valence-corrected chi connectivity index (χ3v) is 5.21. The molecule has 1 aliphatic rings. The van der Waals surface area contributed by atoms with Crippen molar-refractivity contribution in [2.45, 2.75) is 38.1 Å². The van der Waals surface area contributed by atoms with Crippen molar-refractivity contribution in [3.05, 3.63) is 22.4 Å². The summed E-state index contributed by atoms with van der Waals surface area (Å²) < 4.78 is 5.31. The second-order valence-corrected chi connectivity index (χ2v) is 7.00. The van der Waals surface area contributed by atoms with Crippen molar-refractivity contribution >= 4 is 29.7 Å². The van der Waals surface area contributed by atoms with E-state index in [1.807, 2.05) is 6.07 Å². The molecular formula is C15H25ClN2O2S. The molecule has 0 aromatic carbocycles. The van der Waals surface area contributed by atoms with E-state index in [-0.39, 0.29) is 29.6 Å². The number of halogens is 1. The SMILES string of the molecule is CC(C)(CNC(=O)C(N)C1CCOCC1)c1cccs1.Cl. The third kappa shape index (κ3) is 4.95. The summed E-state index contributed by atoms with van der Waals surface area (Å²) in [6, 6.07) is 3.73. The van der Waals surface area contributed by atoms with Crippen LogP contribution in [-0.4, -0.2) is 31.7 Å². The monoisotopic (exact) mass is 332 g/mol. The van der Waals surface area contributed by atoms with E-state index in [0.29, 0.717) is 19.8 Å². The number of thiophene rings is 1. The lowest BCUT2D eigenvalue weighted by Gasteiger charge is -2.29. The van der Waals surface area contributed by atoms with Crippen LogP contribution in [0.3, 0.4) is 0 Å². The van der Waals surface area contributed by atoms with Gasteiger partial charge in [-0.1, -0.05) is 19.9 Å². The fraction of sp³-hybridized carbons (Fsp3) is 0.667. The molecule has 0 saturated carbocycles. The van der Waals surface area contributed by atoms with Crippen LogP contribution < -0.4 is 11.1 Å². The number of carbonyl (C=O) groups is 1. The fourth-order valence-electron chi connectivity index (χ4n) is 2.47. The maximum Gasteiger partial charge on any atom is 0.237 e. The molecule has 1 fully saturated rings. The van der Waals surface area contributed by atoms with Crippen LogP contribution in [0.2, 0.25) is 0 Å². The van der Waals surface area contributed by atoms with Crippen LogP contribution in [0.15, 0.2) is 17.5 Å². The number of carbonyl (C=O) groups excluding carboxylic acids is 1. The third-order valence-electron chi connectivity index (χ3n) is 3.97. The van der Waals surface area contributed by atoms with Gasteiger partial charge in [0.25, 0.3) is 0 Å². The predicted molar refractivity (Wildman–Crippen MR) is 89.1 cm³/mol. The number of rotatable bonds is 5. The molecular weight excluding hydrogens is 308 g/mol. The first-order valence-corrected chi connectivity index (χ1v) is 8.04. The van der Waals surface area contributed by atoms with Gasteiger partial charge >= 0.3 is 0 Å². The summed E-state index contributed by atoms with van der Waals surface area (Å²) in [5.74, 6) is 0.204. The van der Waals surface area contributed by atoms with E-state index in [1.165, 1.54) is 4.88 Å². The maximum absolute atomic E-state index is 12.2. The number of nitrogens with one attached hydrogen (secondary N) is 1. The van der Waals surface area contributed by atoms with Crippen molar-refractivity contribution in [3.63, 3.8) is 0 Å². The van der Waals surface area contributed by atoms with Crippen molar-refractivity contribution < 1.29 is 9.53 Å². The van der Waals surface area contributed by atoms with Crippen LogP contribution in [-0.2, 0) is 14.9 Å². The molecule has 0 radical (unpaired) electrons. The van der Waals surface area contributed by atoms with Crippen molar-refractivity contribution in [1.82, 2.24) is 5.32 Å². The molecule has 1 atom stereocenters. The van der Waals surface area contributed by atoms with Crippen LogP contribution in [0.5, 0.6) is 0 Å². The van der Waals surface area contributed by atoms with E-state index in [0.717, 1.165) is 12.8 Å². The van der Waals surface area contributed by atoms with Gasteiger partial charge in [0.15, 0.2) is 0 Å². The molecule has 1 aromatic heterocycles. The van der Waals surface area contributed by atoms with E-state index in [2.05, 4.69) is 30.6 Å². The highest BCUT2D eigenvalue weighted by Gasteiger charge is 2.28. The zero-order valence-electron chi connectivity index (χ0n) is 12.6. The van der Waals surface area contributed by atoms with Crippen molar-refractivity contribution in [2.75, 3.05) is 19.8 Å². The molecule has 2 heterocycles. The van der Waals surface area contributed by atoms with E-state index in [4.69, 9.17) is 10.5 Å². The smallest absolute Gasteiger partial charge is 0.237 e. The second-order valence-electron chi connectivity index (χ2n) is 6.05. The lowest BCUT2D eigenvalue weighted by Crippen LogP contribution is -2.49. The van der Waals surface area contributed by atoms with Gasteiger partial charge in [0.2, 0.25) is 5.91 Å². The Hall–Kier alpha value is -0.620. The predicted octanol–water partition coefficient (Wildman–Crippen LogP) is 2.32. The molecule has 1 unspecified atom stereocenters. The van der Waals surface area contributed by atoms with Gasteiger partial charge < -0.3 is 15.8 Å². The quantitative estimate of drug-likeness (QED) is 0.869. The van der Waals surface area contributed by atoms with Gasteiger partial charge in [-0.15, -0.1) is 23.7 Å². The van der Waals surface area contributed by atoms with Crippen molar-refractivity contribution in [1.29, 1.82) is 0 Å². The Morgan fingerprint density at radius 1 is 1.52 bits per heavy atom. The summed E-state index contributed by atoms with van der Waals surface area (Å²) in [4.78, 5) is 13.5. The van der Waals surface area contributed by atoms with Gasteiger partial charge in [0.05, 0.1) is 6.04 Å². The van der Waals surface area contributed by atoms with E-state index < -0.39 is 6.04 Å². The largest absolute Gasteiger partial charge is 0.381 e. The lowest BCUT2D eigenvalue weighted by atomic mass is 9.89. The Morgan fingerprint density at radius 2 is 2.19 bits per heavy atom. The summed E-state index contributed by atoms with van der Waals surface area (Å²) in [5, 5.41) is 5.07. The number of nitrogens with two attached hydrogens (primary N) is 1. The van der Waals surface area contributed by atoms with Gasteiger partial charge in [0.1, 0.15) is 0 Å². The molecule has 1 aromatic rings. The first-order chi connectivity index (χ1) is 9.50. The summed E-state index contributed by atoms with van der Waals surface area (Å²) in [5.41, 5.74) is 6.02. The van der Waals surface area contributed by atoms with Gasteiger partial charge in [0, 0.05) is 30.1 Å². The number of amides is 1. The first kappa shape index (κ1) is 18.4.